The molecule has 1 unspecified atom stereocenters. The summed E-state index contributed by atoms with van der Waals surface area (Å²) in [5.74, 6) is 0.673. The lowest BCUT2D eigenvalue weighted by atomic mass is 9.95. The lowest BCUT2D eigenvalue weighted by Gasteiger charge is -2.31. The van der Waals surface area contributed by atoms with Crippen LogP contribution in [0.2, 0.25) is 0 Å². The molecule has 2 amide bonds. The van der Waals surface area contributed by atoms with Gasteiger partial charge >= 0.3 is 0 Å². The van der Waals surface area contributed by atoms with E-state index >= 15 is 0 Å². The standard InChI is InChI=1S/C21H33N3O2/c1-5-17-7-6-8-19(13-17)23-20(25)14-24-11-9-18(10-12-24)21(26)22-16(4)15(2)3/h6-8,13,15-16,18H,5,9-12,14H2,1-4H3,(H,22,26)(H,23,25). The van der Waals surface area contributed by atoms with Gasteiger partial charge in [0.1, 0.15) is 0 Å². The normalized spacial score (nSPS) is 17.1. The Labute approximate surface area is 157 Å². The second-order valence-corrected chi connectivity index (χ2v) is 7.69. The molecule has 0 radical (unpaired) electrons. The maximum Gasteiger partial charge on any atom is 0.238 e. The van der Waals surface area contributed by atoms with Crippen molar-refractivity contribution in [2.45, 2.75) is 53.0 Å². The molecule has 2 N–H and O–H groups in total. The summed E-state index contributed by atoms with van der Waals surface area (Å²) in [4.78, 5) is 26.8. The van der Waals surface area contributed by atoms with Gasteiger partial charge in [0.25, 0.3) is 0 Å². The number of anilines is 1. The Balaban J connectivity index is 1.75. The van der Waals surface area contributed by atoms with Crippen LogP contribution in [0.5, 0.6) is 0 Å². The van der Waals surface area contributed by atoms with Crippen molar-refractivity contribution in [1.82, 2.24) is 10.2 Å². The zero-order valence-electron chi connectivity index (χ0n) is 16.5. The molecular formula is C21H33N3O2. The highest BCUT2D eigenvalue weighted by molar-refractivity contribution is 5.92. The summed E-state index contributed by atoms with van der Waals surface area (Å²) in [7, 11) is 0. The van der Waals surface area contributed by atoms with E-state index in [2.05, 4.69) is 49.3 Å². The summed E-state index contributed by atoms with van der Waals surface area (Å²) >= 11 is 0. The van der Waals surface area contributed by atoms with Gasteiger partial charge in [-0.15, -0.1) is 0 Å². The van der Waals surface area contributed by atoms with Crippen molar-refractivity contribution >= 4 is 17.5 Å². The van der Waals surface area contributed by atoms with Gasteiger partial charge in [0.05, 0.1) is 6.54 Å². The number of piperidine rings is 1. The second kappa shape index (κ2) is 9.72. The van der Waals surface area contributed by atoms with Crippen molar-refractivity contribution < 1.29 is 9.59 Å². The summed E-state index contributed by atoms with van der Waals surface area (Å²) < 4.78 is 0. The number of benzene rings is 1. The van der Waals surface area contributed by atoms with Crippen molar-refractivity contribution in [1.29, 1.82) is 0 Å². The Kier molecular flexibility index (Phi) is 7.64. The number of nitrogens with zero attached hydrogens (tertiary/aromatic N) is 1. The second-order valence-electron chi connectivity index (χ2n) is 7.69. The van der Waals surface area contributed by atoms with E-state index in [0.717, 1.165) is 38.0 Å². The van der Waals surface area contributed by atoms with Gasteiger partial charge in [0, 0.05) is 17.6 Å². The summed E-state index contributed by atoms with van der Waals surface area (Å²) in [5, 5.41) is 6.09. The van der Waals surface area contributed by atoms with Crippen LogP contribution in [-0.2, 0) is 16.0 Å². The van der Waals surface area contributed by atoms with Gasteiger partial charge in [0.15, 0.2) is 0 Å². The fourth-order valence-electron chi connectivity index (χ4n) is 3.13. The van der Waals surface area contributed by atoms with E-state index in [1.807, 2.05) is 18.2 Å². The summed E-state index contributed by atoms with van der Waals surface area (Å²) in [6, 6.07) is 8.17. The topological polar surface area (TPSA) is 61.4 Å². The number of nitrogens with one attached hydrogen (secondary N) is 2. The lowest BCUT2D eigenvalue weighted by Crippen LogP contribution is -2.45. The highest BCUT2D eigenvalue weighted by Crippen LogP contribution is 2.18. The summed E-state index contributed by atoms with van der Waals surface area (Å²) in [6.07, 6.45) is 2.58. The first-order chi connectivity index (χ1) is 12.4. The molecule has 1 aliphatic rings. The zero-order valence-corrected chi connectivity index (χ0v) is 16.5. The molecule has 0 spiro atoms. The predicted molar refractivity (Wildman–Crippen MR) is 106 cm³/mol. The van der Waals surface area contributed by atoms with Crippen LogP contribution in [0.4, 0.5) is 5.69 Å². The molecule has 1 aromatic rings. The molecule has 1 heterocycles. The molecule has 0 bridgehead atoms. The molecule has 26 heavy (non-hydrogen) atoms. The molecular weight excluding hydrogens is 326 g/mol. The van der Waals surface area contributed by atoms with Crippen molar-refractivity contribution in [2.24, 2.45) is 11.8 Å². The molecule has 0 aromatic heterocycles. The third-order valence-electron chi connectivity index (χ3n) is 5.31. The van der Waals surface area contributed by atoms with E-state index in [9.17, 15) is 9.59 Å². The number of aryl methyl sites for hydroxylation is 1. The molecule has 2 rings (SSSR count). The van der Waals surface area contributed by atoms with Gasteiger partial charge < -0.3 is 10.6 Å². The number of amides is 2. The van der Waals surface area contributed by atoms with E-state index < -0.39 is 0 Å². The number of rotatable bonds is 7. The smallest absolute Gasteiger partial charge is 0.238 e. The Morgan fingerprint density at radius 3 is 2.50 bits per heavy atom. The summed E-state index contributed by atoms with van der Waals surface area (Å²) in [5.41, 5.74) is 2.07. The molecule has 1 fully saturated rings. The minimum absolute atomic E-state index is 0.00887. The van der Waals surface area contributed by atoms with E-state index in [0.29, 0.717) is 12.5 Å². The lowest BCUT2D eigenvalue weighted by molar-refractivity contribution is -0.127. The molecule has 5 nitrogen and oxygen atoms in total. The van der Waals surface area contributed by atoms with Crippen LogP contribution in [0.3, 0.4) is 0 Å². The molecule has 1 aliphatic heterocycles. The number of hydrogen-bond acceptors (Lipinski definition) is 3. The van der Waals surface area contributed by atoms with Gasteiger partial charge in [-0.3, -0.25) is 14.5 Å². The fraction of sp³-hybridized carbons (Fsp3) is 0.619. The van der Waals surface area contributed by atoms with Gasteiger partial charge in [-0.1, -0.05) is 32.9 Å². The van der Waals surface area contributed by atoms with Crippen molar-refractivity contribution in [3.63, 3.8) is 0 Å². The SMILES string of the molecule is CCc1cccc(NC(=O)CN2CCC(C(=O)NC(C)C(C)C)CC2)c1. The van der Waals surface area contributed by atoms with Crippen LogP contribution in [0.25, 0.3) is 0 Å². The van der Waals surface area contributed by atoms with Crippen LogP contribution in [0.15, 0.2) is 24.3 Å². The van der Waals surface area contributed by atoms with Gasteiger partial charge in [-0.25, -0.2) is 0 Å². The highest BCUT2D eigenvalue weighted by Gasteiger charge is 2.27. The Bertz CT molecular complexity index is 607. The molecule has 1 saturated heterocycles. The first-order valence-corrected chi connectivity index (χ1v) is 9.80. The van der Waals surface area contributed by atoms with Gasteiger partial charge in [0.2, 0.25) is 11.8 Å². The molecule has 5 heteroatoms. The van der Waals surface area contributed by atoms with Crippen LogP contribution in [0, 0.1) is 11.8 Å². The number of carbonyl (C=O) groups is 2. The van der Waals surface area contributed by atoms with Gasteiger partial charge in [-0.05, 0) is 62.9 Å². The average molecular weight is 360 g/mol. The van der Waals surface area contributed by atoms with Crippen molar-refractivity contribution in [3.05, 3.63) is 29.8 Å². The number of carbonyl (C=O) groups excluding carboxylic acids is 2. The third-order valence-corrected chi connectivity index (χ3v) is 5.31. The monoisotopic (exact) mass is 359 g/mol. The maximum absolute atomic E-state index is 12.3. The number of hydrogen-bond donors (Lipinski definition) is 2. The fourth-order valence-corrected chi connectivity index (χ4v) is 3.13. The van der Waals surface area contributed by atoms with Crippen LogP contribution in [-0.4, -0.2) is 42.4 Å². The molecule has 0 aliphatic carbocycles. The van der Waals surface area contributed by atoms with Crippen LogP contribution in [0.1, 0.15) is 46.1 Å². The quantitative estimate of drug-likeness (QED) is 0.786. The first kappa shape index (κ1) is 20.4. The summed E-state index contributed by atoms with van der Waals surface area (Å²) in [6.45, 7) is 10.3. The van der Waals surface area contributed by atoms with Crippen molar-refractivity contribution in [2.75, 3.05) is 25.0 Å². The van der Waals surface area contributed by atoms with Crippen LogP contribution >= 0.6 is 0 Å². The Morgan fingerprint density at radius 2 is 1.88 bits per heavy atom. The third kappa shape index (κ3) is 6.13. The predicted octanol–water partition coefficient (Wildman–Crippen LogP) is 3.06. The largest absolute Gasteiger partial charge is 0.353 e. The molecule has 1 aromatic carbocycles. The zero-order chi connectivity index (χ0) is 19.1. The van der Waals surface area contributed by atoms with Crippen LogP contribution < -0.4 is 10.6 Å². The van der Waals surface area contributed by atoms with E-state index in [1.165, 1.54) is 5.56 Å². The Hall–Kier alpha value is -1.88. The minimum Gasteiger partial charge on any atom is -0.353 e. The first-order valence-electron chi connectivity index (χ1n) is 9.80. The van der Waals surface area contributed by atoms with E-state index in [-0.39, 0.29) is 23.8 Å². The maximum atomic E-state index is 12.3. The Morgan fingerprint density at radius 1 is 1.19 bits per heavy atom. The van der Waals surface area contributed by atoms with Crippen molar-refractivity contribution in [3.8, 4) is 0 Å². The molecule has 1 atom stereocenters. The van der Waals surface area contributed by atoms with E-state index in [1.54, 1.807) is 0 Å². The highest BCUT2D eigenvalue weighted by atomic mass is 16.2. The van der Waals surface area contributed by atoms with Gasteiger partial charge in [-0.2, -0.15) is 0 Å². The van der Waals surface area contributed by atoms with E-state index in [4.69, 9.17) is 0 Å². The minimum atomic E-state index is 0.00887. The molecule has 0 saturated carbocycles. The molecule has 144 valence electrons. The average Bonchev–Trinajstić information content (AvgIpc) is 2.62. The number of likely N-dealkylation sites (tertiary alicyclic amines) is 1.